The van der Waals surface area contributed by atoms with Crippen LogP contribution < -0.4 is 22.2 Å². The van der Waals surface area contributed by atoms with E-state index in [1.54, 1.807) is 0 Å². The monoisotopic (exact) mass is 552 g/mol. The van der Waals surface area contributed by atoms with Crippen LogP contribution in [0.15, 0.2) is 31.3 Å². The van der Waals surface area contributed by atoms with Crippen LogP contribution in [-0.4, -0.2) is 9.13 Å². The number of hydrogen-bond acceptors (Lipinski definition) is 4. The van der Waals surface area contributed by atoms with Gasteiger partial charge in [-0.1, -0.05) is 129 Å². The maximum atomic E-state index is 13.0. The highest BCUT2D eigenvalue weighted by atomic mass is 16.2. The summed E-state index contributed by atoms with van der Waals surface area (Å²) in [6.45, 7) is 5.24. The fourth-order valence-electron chi connectivity index (χ4n) is 5.99. The standard InChI is InChI=1S/C34H52N2O4/c1-3-5-7-9-11-13-15-17-19-21-23-35-31(37)27-25-29-30(26-28(27)32(35)38)34(40)36(33(29)39)24-22-20-18-16-14-12-10-8-6-4-2/h25-26H,3-24H2,1-2H3. The Balaban J connectivity index is 1.52. The highest BCUT2D eigenvalue weighted by Gasteiger charge is 2.19. The first kappa shape index (κ1) is 32.0. The van der Waals surface area contributed by atoms with Gasteiger partial charge < -0.3 is 0 Å². The molecular weight excluding hydrogens is 500 g/mol. The molecule has 0 spiro atoms. The third kappa shape index (κ3) is 8.75. The van der Waals surface area contributed by atoms with Crippen molar-refractivity contribution >= 4 is 21.5 Å². The molecule has 3 aromatic rings. The molecule has 0 atom stereocenters. The second-order valence-corrected chi connectivity index (χ2v) is 11.8. The minimum atomic E-state index is -0.341. The van der Waals surface area contributed by atoms with Crippen molar-refractivity contribution in [2.24, 2.45) is 0 Å². The Hall–Kier alpha value is -2.50. The predicted octanol–water partition coefficient (Wildman–Crippen LogP) is 7.75. The average molecular weight is 553 g/mol. The number of nitrogens with zero attached hydrogens (tertiary/aromatic N) is 2. The summed E-state index contributed by atoms with van der Waals surface area (Å²) in [5, 5.41) is 1.05. The third-order valence-corrected chi connectivity index (χ3v) is 8.53. The molecule has 6 nitrogen and oxygen atoms in total. The Morgan fingerprint density at radius 1 is 0.375 bits per heavy atom. The molecular formula is C34H52N2O4. The smallest absolute Gasteiger partial charge is 0.261 e. The Bertz CT molecular complexity index is 1190. The van der Waals surface area contributed by atoms with Crippen LogP contribution in [0.4, 0.5) is 0 Å². The first-order chi connectivity index (χ1) is 19.5. The highest BCUT2D eigenvalue weighted by Crippen LogP contribution is 2.16. The minimum absolute atomic E-state index is 0.262. The van der Waals surface area contributed by atoms with Crippen LogP contribution in [0.2, 0.25) is 0 Å². The molecule has 0 fully saturated rings. The van der Waals surface area contributed by atoms with Crippen LogP contribution in [0.3, 0.4) is 0 Å². The van der Waals surface area contributed by atoms with Crippen LogP contribution in [0.1, 0.15) is 142 Å². The molecule has 222 valence electrons. The van der Waals surface area contributed by atoms with Gasteiger partial charge in [-0.3, -0.25) is 28.3 Å². The molecule has 1 aromatic carbocycles. The number of benzene rings is 1. The summed E-state index contributed by atoms with van der Waals surface area (Å²) in [7, 11) is 0. The van der Waals surface area contributed by atoms with Gasteiger partial charge in [0, 0.05) is 13.1 Å². The van der Waals surface area contributed by atoms with E-state index < -0.39 is 0 Å². The third-order valence-electron chi connectivity index (χ3n) is 8.53. The Kier molecular flexibility index (Phi) is 13.9. The summed E-state index contributed by atoms with van der Waals surface area (Å²) in [6, 6.07) is 2.98. The molecule has 40 heavy (non-hydrogen) atoms. The van der Waals surface area contributed by atoms with E-state index >= 15 is 0 Å². The summed E-state index contributed by atoms with van der Waals surface area (Å²) in [6.07, 6.45) is 23.7. The van der Waals surface area contributed by atoms with Crippen molar-refractivity contribution in [3.05, 3.63) is 53.5 Å². The van der Waals surface area contributed by atoms with E-state index in [0.29, 0.717) is 13.1 Å². The van der Waals surface area contributed by atoms with E-state index in [1.165, 1.54) is 111 Å². The van der Waals surface area contributed by atoms with Crippen molar-refractivity contribution in [2.75, 3.05) is 0 Å². The molecule has 0 amide bonds. The minimum Gasteiger partial charge on any atom is -0.274 e. The van der Waals surface area contributed by atoms with Crippen LogP contribution in [-0.2, 0) is 13.1 Å². The molecule has 0 aliphatic rings. The second kappa shape index (κ2) is 17.3. The van der Waals surface area contributed by atoms with Gasteiger partial charge in [-0.25, -0.2) is 0 Å². The topological polar surface area (TPSA) is 78.1 Å². The highest BCUT2D eigenvalue weighted by molar-refractivity contribution is 5.97. The number of rotatable bonds is 22. The average Bonchev–Trinajstić information content (AvgIpc) is 3.33. The molecule has 6 heteroatoms. The number of hydrogen-bond donors (Lipinski definition) is 0. The molecule has 0 saturated heterocycles. The van der Waals surface area contributed by atoms with Crippen LogP contribution in [0, 0.1) is 0 Å². The second-order valence-electron chi connectivity index (χ2n) is 11.8. The quantitative estimate of drug-likeness (QED) is 0.119. The molecule has 0 N–H and O–H groups in total. The van der Waals surface area contributed by atoms with E-state index in [4.69, 9.17) is 0 Å². The van der Waals surface area contributed by atoms with Crippen LogP contribution >= 0.6 is 0 Å². The molecule has 2 heterocycles. The van der Waals surface area contributed by atoms with Crippen molar-refractivity contribution in [2.45, 2.75) is 155 Å². The fourth-order valence-corrected chi connectivity index (χ4v) is 5.99. The van der Waals surface area contributed by atoms with E-state index in [0.717, 1.165) is 38.5 Å². The van der Waals surface area contributed by atoms with Crippen molar-refractivity contribution < 1.29 is 0 Å². The number of fused-ring (bicyclic) bond motifs is 2. The van der Waals surface area contributed by atoms with Gasteiger partial charge in [0.25, 0.3) is 22.2 Å². The summed E-state index contributed by atoms with van der Waals surface area (Å²) < 4.78 is 2.59. The molecule has 0 bridgehead atoms. The number of unbranched alkanes of at least 4 members (excludes halogenated alkanes) is 18. The summed E-state index contributed by atoms with van der Waals surface area (Å²) >= 11 is 0. The van der Waals surface area contributed by atoms with Crippen LogP contribution in [0.25, 0.3) is 21.5 Å². The number of aromatic nitrogens is 2. The lowest BCUT2D eigenvalue weighted by Crippen LogP contribution is -2.26. The van der Waals surface area contributed by atoms with Gasteiger partial charge in [0.05, 0.1) is 21.5 Å². The Morgan fingerprint density at radius 2 is 0.600 bits per heavy atom. The van der Waals surface area contributed by atoms with Gasteiger partial charge in [-0.15, -0.1) is 0 Å². The molecule has 0 aliphatic heterocycles. The van der Waals surface area contributed by atoms with Gasteiger partial charge in [0.1, 0.15) is 0 Å². The zero-order valence-electron chi connectivity index (χ0n) is 25.2. The Labute approximate surface area is 239 Å². The molecule has 2 aromatic heterocycles. The van der Waals surface area contributed by atoms with Crippen molar-refractivity contribution in [1.29, 1.82) is 0 Å². The molecule has 0 aliphatic carbocycles. The molecule has 0 radical (unpaired) electrons. The van der Waals surface area contributed by atoms with Crippen molar-refractivity contribution in [1.82, 2.24) is 9.13 Å². The van der Waals surface area contributed by atoms with E-state index in [-0.39, 0.29) is 43.8 Å². The van der Waals surface area contributed by atoms with Crippen molar-refractivity contribution in [3.8, 4) is 0 Å². The first-order valence-corrected chi connectivity index (χ1v) is 16.4. The maximum absolute atomic E-state index is 13.0. The fraction of sp³-hybridized carbons (Fsp3) is 0.706. The summed E-state index contributed by atoms with van der Waals surface area (Å²) in [4.78, 5) is 52.1. The van der Waals surface area contributed by atoms with E-state index in [2.05, 4.69) is 13.8 Å². The molecule has 0 unspecified atom stereocenters. The lowest BCUT2D eigenvalue weighted by molar-refractivity contribution is 0.528. The van der Waals surface area contributed by atoms with E-state index in [1.807, 2.05) is 0 Å². The van der Waals surface area contributed by atoms with Crippen molar-refractivity contribution in [3.63, 3.8) is 0 Å². The molecule has 3 rings (SSSR count). The first-order valence-electron chi connectivity index (χ1n) is 16.4. The normalized spacial score (nSPS) is 11.8. The summed E-state index contributed by atoms with van der Waals surface area (Å²) in [5.41, 5.74) is -1.36. The van der Waals surface area contributed by atoms with Gasteiger partial charge >= 0.3 is 0 Å². The molecule has 0 saturated carbocycles. The predicted molar refractivity (Wildman–Crippen MR) is 169 cm³/mol. The lowest BCUT2D eigenvalue weighted by atomic mass is 10.1. The van der Waals surface area contributed by atoms with Gasteiger partial charge in [-0.05, 0) is 25.0 Å². The largest absolute Gasteiger partial charge is 0.274 e. The lowest BCUT2D eigenvalue weighted by Gasteiger charge is -2.03. The van der Waals surface area contributed by atoms with Crippen LogP contribution in [0.5, 0.6) is 0 Å². The van der Waals surface area contributed by atoms with Gasteiger partial charge in [0.15, 0.2) is 0 Å². The Morgan fingerprint density at radius 3 is 0.850 bits per heavy atom. The maximum Gasteiger partial charge on any atom is 0.261 e. The van der Waals surface area contributed by atoms with Gasteiger partial charge in [-0.2, -0.15) is 0 Å². The zero-order valence-corrected chi connectivity index (χ0v) is 25.2. The summed E-state index contributed by atoms with van der Waals surface area (Å²) in [5.74, 6) is 0. The zero-order chi connectivity index (χ0) is 28.7. The van der Waals surface area contributed by atoms with E-state index in [9.17, 15) is 19.2 Å². The van der Waals surface area contributed by atoms with Gasteiger partial charge in [0.2, 0.25) is 0 Å². The SMILES string of the molecule is CCCCCCCCCCCCn1c(=O)c2cc3c(=O)n(CCCCCCCCCCCC)c(=O)c3cc2c1=O.